The molecule has 0 bridgehead atoms. The first-order chi connectivity index (χ1) is 7.59. The molecule has 16 heavy (non-hydrogen) atoms. The van der Waals surface area contributed by atoms with E-state index in [1.807, 2.05) is 38.1 Å². The fraction of sp³-hybridized carbons (Fsp3) is 0.308. The molecule has 1 aliphatic rings. The molecule has 1 heterocycles. The second-order valence-electron chi connectivity index (χ2n) is 4.26. The third-order valence-corrected chi connectivity index (χ3v) is 2.63. The largest absolute Gasteiger partial charge is 0.372 e. The van der Waals surface area contributed by atoms with E-state index in [-0.39, 0.29) is 11.9 Å². The predicted octanol–water partition coefficient (Wildman–Crippen LogP) is 2.41. The molecule has 0 radical (unpaired) electrons. The van der Waals surface area contributed by atoms with E-state index in [4.69, 9.17) is 0 Å². The molecule has 3 nitrogen and oxygen atoms in total. The fourth-order valence-corrected chi connectivity index (χ4v) is 1.91. The first kappa shape index (κ1) is 10.7. The summed E-state index contributed by atoms with van der Waals surface area (Å²) >= 11 is 0. The van der Waals surface area contributed by atoms with E-state index in [1.165, 1.54) is 0 Å². The van der Waals surface area contributed by atoms with E-state index in [9.17, 15) is 4.79 Å². The van der Waals surface area contributed by atoms with Crippen molar-refractivity contribution in [2.45, 2.75) is 19.9 Å². The molecule has 1 unspecified atom stereocenters. The Hall–Kier alpha value is -1.77. The van der Waals surface area contributed by atoms with Gasteiger partial charge in [-0.25, -0.2) is 0 Å². The van der Waals surface area contributed by atoms with Gasteiger partial charge in [0.05, 0.1) is 11.4 Å². The van der Waals surface area contributed by atoms with Crippen LogP contribution in [0.5, 0.6) is 0 Å². The number of hydrogen-bond acceptors (Lipinski definition) is 2. The van der Waals surface area contributed by atoms with Crippen molar-refractivity contribution in [1.82, 2.24) is 0 Å². The van der Waals surface area contributed by atoms with Crippen LogP contribution in [0.25, 0.3) is 0 Å². The van der Waals surface area contributed by atoms with Crippen LogP contribution in [-0.4, -0.2) is 18.5 Å². The Morgan fingerprint density at radius 1 is 1.50 bits per heavy atom. The summed E-state index contributed by atoms with van der Waals surface area (Å²) in [6, 6.07) is 7.68. The van der Waals surface area contributed by atoms with E-state index < -0.39 is 0 Å². The van der Waals surface area contributed by atoms with Crippen molar-refractivity contribution in [2.75, 3.05) is 16.8 Å². The molecule has 0 aliphatic carbocycles. The van der Waals surface area contributed by atoms with Crippen LogP contribution in [0.1, 0.15) is 13.8 Å². The Morgan fingerprint density at radius 2 is 2.19 bits per heavy atom. The molecular formula is C13H16N2O. The van der Waals surface area contributed by atoms with Gasteiger partial charge in [-0.1, -0.05) is 24.3 Å². The Labute approximate surface area is 95.8 Å². The molecule has 0 saturated heterocycles. The third-order valence-electron chi connectivity index (χ3n) is 2.63. The quantitative estimate of drug-likeness (QED) is 0.770. The van der Waals surface area contributed by atoms with E-state index in [0.717, 1.165) is 16.9 Å². The van der Waals surface area contributed by atoms with Gasteiger partial charge < -0.3 is 10.2 Å². The second-order valence-corrected chi connectivity index (χ2v) is 4.26. The molecule has 1 aromatic carbocycles. The lowest BCUT2D eigenvalue weighted by atomic mass is 10.1. The molecule has 1 N–H and O–H groups in total. The zero-order chi connectivity index (χ0) is 11.7. The number of nitrogens with zero attached hydrogens (tertiary/aromatic N) is 1. The summed E-state index contributed by atoms with van der Waals surface area (Å²) < 4.78 is 0. The van der Waals surface area contributed by atoms with Gasteiger partial charge in [-0.05, 0) is 26.0 Å². The zero-order valence-electron chi connectivity index (χ0n) is 9.66. The van der Waals surface area contributed by atoms with E-state index >= 15 is 0 Å². The van der Waals surface area contributed by atoms with Gasteiger partial charge in [0.1, 0.15) is 6.04 Å². The van der Waals surface area contributed by atoms with Crippen LogP contribution < -0.4 is 10.2 Å². The molecule has 1 aliphatic heterocycles. The number of rotatable bonds is 2. The number of hydrogen-bond donors (Lipinski definition) is 1. The van der Waals surface area contributed by atoms with Crippen LogP contribution in [0, 0.1) is 0 Å². The molecular weight excluding hydrogens is 200 g/mol. The number of para-hydroxylation sites is 2. The van der Waals surface area contributed by atoms with Gasteiger partial charge in [0.25, 0.3) is 0 Å². The Kier molecular flexibility index (Phi) is 2.69. The Morgan fingerprint density at radius 3 is 2.88 bits per heavy atom. The summed E-state index contributed by atoms with van der Waals surface area (Å²) in [4.78, 5) is 13.8. The zero-order valence-corrected chi connectivity index (χ0v) is 9.66. The molecule has 0 aromatic heterocycles. The number of benzene rings is 1. The van der Waals surface area contributed by atoms with Gasteiger partial charge in [0.2, 0.25) is 5.91 Å². The van der Waals surface area contributed by atoms with Gasteiger partial charge in [-0.3, -0.25) is 4.79 Å². The van der Waals surface area contributed by atoms with Gasteiger partial charge in [-0.2, -0.15) is 0 Å². The smallest absolute Gasteiger partial charge is 0.249 e. The minimum atomic E-state index is -0.172. The monoisotopic (exact) mass is 216 g/mol. The highest BCUT2D eigenvalue weighted by Crippen LogP contribution is 2.31. The lowest BCUT2D eigenvalue weighted by Gasteiger charge is -2.34. The summed E-state index contributed by atoms with van der Waals surface area (Å²) in [6.07, 6.45) is 0. The molecule has 84 valence electrons. The second kappa shape index (κ2) is 4.00. The molecule has 1 aromatic rings. The third kappa shape index (κ3) is 1.81. The SMILES string of the molecule is C=C(C)CN1C(=O)C(C)Nc2ccccc21. The first-order valence-corrected chi connectivity index (χ1v) is 5.41. The lowest BCUT2D eigenvalue weighted by Crippen LogP contribution is -2.46. The summed E-state index contributed by atoms with van der Waals surface area (Å²) in [5, 5.41) is 3.19. The molecule has 0 fully saturated rings. The number of carbonyl (C=O) groups is 1. The minimum Gasteiger partial charge on any atom is -0.372 e. The van der Waals surface area contributed by atoms with Crippen molar-refractivity contribution < 1.29 is 4.79 Å². The van der Waals surface area contributed by atoms with Crippen molar-refractivity contribution in [3.8, 4) is 0 Å². The average molecular weight is 216 g/mol. The number of carbonyl (C=O) groups excluding carboxylic acids is 1. The van der Waals surface area contributed by atoms with Crippen molar-refractivity contribution in [2.24, 2.45) is 0 Å². The maximum Gasteiger partial charge on any atom is 0.249 e. The summed E-state index contributed by atoms with van der Waals surface area (Å²) in [5.41, 5.74) is 2.93. The van der Waals surface area contributed by atoms with Crippen LogP contribution in [0.4, 0.5) is 11.4 Å². The summed E-state index contributed by atoms with van der Waals surface area (Å²) in [5.74, 6) is 0.0988. The van der Waals surface area contributed by atoms with Crippen molar-refractivity contribution in [3.05, 3.63) is 36.4 Å². The van der Waals surface area contributed by atoms with Crippen LogP contribution in [0.3, 0.4) is 0 Å². The highest BCUT2D eigenvalue weighted by atomic mass is 16.2. The van der Waals surface area contributed by atoms with E-state index in [0.29, 0.717) is 6.54 Å². The fourth-order valence-electron chi connectivity index (χ4n) is 1.91. The van der Waals surface area contributed by atoms with Crippen LogP contribution in [0.2, 0.25) is 0 Å². The summed E-state index contributed by atoms with van der Waals surface area (Å²) in [6.45, 7) is 8.26. The van der Waals surface area contributed by atoms with Crippen molar-refractivity contribution in [3.63, 3.8) is 0 Å². The summed E-state index contributed by atoms with van der Waals surface area (Å²) in [7, 11) is 0. The maximum atomic E-state index is 12.0. The van der Waals surface area contributed by atoms with E-state index in [2.05, 4.69) is 11.9 Å². The number of fused-ring (bicyclic) bond motifs is 1. The maximum absolute atomic E-state index is 12.0. The molecule has 1 atom stereocenters. The molecule has 0 spiro atoms. The minimum absolute atomic E-state index is 0.0988. The topological polar surface area (TPSA) is 32.3 Å². The van der Waals surface area contributed by atoms with Crippen molar-refractivity contribution in [1.29, 1.82) is 0 Å². The van der Waals surface area contributed by atoms with Gasteiger partial charge in [0.15, 0.2) is 0 Å². The number of anilines is 2. The van der Waals surface area contributed by atoms with Crippen LogP contribution >= 0.6 is 0 Å². The first-order valence-electron chi connectivity index (χ1n) is 5.41. The van der Waals surface area contributed by atoms with Gasteiger partial charge >= 0.3 is 0 Å². The molecule has 0 saturated carbocycles. The van der Waals surface area contributed by atoms with Crippen molar-refractivity contribution >= 4 is 17.3 Å². The molecule has 1 amide bonds. The van der Waals surface area contributed by atoms with Crippen LogP contribution in [-0.2, 0) is 4.79 Å². The standard InChI is InChI=1S/C13H16N2O/c1-9(2)8-15-12-7-5-4-6-11(12)14-10(3)13(15)16/h4-7,10,14H,1,8H2,2-3H3. The molecule has 2 rings (SSSR count). The number of nitrogens with one attached hydrogen (secondary N) is 1. The molecule has 3 heteroatoms. The normalized spacial score (nSPS) is 19.0. The van der Waals surface area contributed by atoms with Crippen LogP contribution in [0.15, 0.2) is 36.4 Å². The highest BCUT2D eigenvalue weighted by Gasteiger charge is 2.28. The lowest BCUT2D eigenvalue weighted by molar-refractivity contribution is -0.119. The predicted molar refractivity (Wildman–Crippen MR) is 66.7 cm³/mol. The van der Waals surface area contributed by atoms with Gasteiger partial charge in [0, 0.05) is 6.54 Å². The van der Waals surface area contributed by atoms with E-state index in [1.54, 1.807) is 4.90 Å². The van der Waals surface area contributed by atoms with Gasteiger partial charge in [-0.15, -0.1) is 0 Å². The Bertz CT molecular complexity index is 439. The number of amides is 1. The average Bonchev–Trinajstić information content (AvgIpc) is 2.24. The Balaban J connectivity index is 2.41. The highest BCUT2D eigenvalue weighted by molar-refractivity contribution is 6.04.